The van der Waals surface area contributed by atoms with Crippen molar-refractivity contribution < 1.29 is 14.4 Å². The molecule has 1 unspecified atom stereocenters. The highest BCUT2D eigenvalue weighted by atomic mass is 35.5. The zero-order valence-corrected chi connectivity index (χ0v) is 17.0. The van der Waals surface area contributed by atoms with Crippen LogP contribution in [0.2, 0.25) is 5.02 Å². The Bertz CT molecular complexity index is 819. The molecule has 28 heavy (non-hydrogen) atoms. The Morgan fingerprint density at radius 1 is 1.29 bits per heavy atom. The molecule has 1 atom stereocenters. The Kier molecular flexibility index (Phi) is 5.93. The SMILES string of the molecule is CC(C)CNC(=O)CCN1CC2=C(C1=O)C(c1ccc(Cl)cc1)NC(=O)N2C. The summed E-state index contributed by atoms with van der Waals surface area (Å²) in [5, 5.41) is 6.33. The third-order valence-electron chi connectivity index (χ3n) is 4.95. The van der Waals surface area contributed by atoms with E-state index in [4.69, 9.17) is 11.6 Å². The lowest BCUT2D eigenvalue weighted by atomic mass is 9.96. The number of likely N-dealkylation sites (N-methyl/N-ethyl adjacent to an activating group) is 1. The molecule has 2 aliphatic heterocycles. The van der Waals surface area contributed by atoms with Gasteiger partial charge in [-0.3, -0.25) is 14.5 Å². The molecule has 0 radical (unpaired) electrons. The van der Waals surface area contributed by atoms with Crippen molar-refractivity contribution in [1.29, 1.82) is 0 Å². The van der Waals surface area contributed by atoms with E-state index in [2.05, 4.69) is 10.6 Å². The number of halogens is 1. The first-order valence-electron chi connectivity index (χ1n) is 9.36. The lowest BCUT2D eigenvalue weighted by Crippen LogP contribution is -2.45. The Hall–Kier alpha value is -2.54. The fraction of sp³-hybridized carbons (Fsp3) is 0.450. The predicted octanol–water partition coefficient (Wildman–Crippen LogP) is 2.29. The monoisotopic (exact) mass is 404 g/mol. The molecule has 0 fully saturated rings. The van der Waals surface area contributed by atoms with E-state index in [0.29, 0.717) is 41.8 Å². The van der Waals surface area contributed by atoms with Crippen molar-refractivity contribution in [2.45, 2.75) is 26.3 Å². The van der Waals surface area contributed by atoms with E-state index in [1.54, 1.807) is 36.2 Å². The number of hydrogen-bond donors (Lipinski definition) is 2. The smallest absolute Gasteiger partial charge is 0.322 e. The molecule has 1 aromatic carbocycles. The second-order valence-electron chi connectivity index (χ2n) is 7.53. The summed E-state index contributed by atoms with van der Waals surface area (Å²) < 4.78 is 0. The van der Waals surface area contributed by atoms with E-state index in [1.807, 2.05) is 13.8 Å². The minimum absolute atomic E-state index is 0.0804. The summed E-state index contributed by atoms with van der Waals surface area (Å²) in [6.07, 6.45) is 0.232. The van der Waals surface area contributed by atoms with Crippen LogP contribution in [0.1, 0.15) is 31.9 Å². The standard InChI is InChI=1S/C20H25ClN4O3/c1-12(2)10-22-16(26)8-9-25-11-15-17(19(25)27)18(23-20(28)24(15)3)13-4-6-14(21)7-5-13/h4-7,12,18H,8-11H2,1-3H3,(H,22,26)(H,23,28). The van der Waals surface area contributed by atoms with Crippen molar-refractivity contribution in [3.63, 3.8) is 0 Å². The van der Waals surface area contributed by atoms with E-state index in [1.165, 1.54) is 4.90 Å². The Labute approximate surface area is 169 Å². The molecule has 150 valence electrons. The van der Waals surface area contributed by atoms with Gasteiger partial charge in [-0.15, -0.1) is 0 Å². The van der Waals surface area contributed by atoms with E-state index in [-0.39, 0.29) is 24.3 Å². The minimum atomic E-state index is -0.525. The first-order valence-corrected chi connectivity index (χ1v) is 9.74. The number of benzene rings is 1. The number of rotatable bonds is 6. The van der Waals surface area contributed by atoms with Gasteiger partial charge in [-0.2, -0.15) is 0 Å². The van der Waals surface area contributed by atoms with Gasteiger partial charge in [0.25, 0.3) is 5.91 Å². The van der Waals surface area contributed by atoms with Gasteiger partial charge in [0.15, 0.2) is 0 Å². The van der Waals surface area contributed by atoms with Crippen molar-refractivity contribution in [1.82, 2.24) is 20.4 Å². The number of nitrogens with one attached hydrogen (secondary N) is 2. The second-order valence-corrected chi connectivity index (χ2v) is 7.96. The maximum absolute atomic E-state index is 13.1. The van der Waals surface area contributed by atoms with Gasteiger partial charge in [-0.25, -0.2) is 4.79 Å². The maximum atomic E-state index is 13.1. The number of urea groups is 1. The number of nitrogens with zero attached hydrogens (tertiary/aromatic N) is 2. The zero-order chi connectivity index (χ0) is 20.4. The quantitative estimate of drug-likeness (QED) is 0.763. The molecule has 8 heteroatoms. The van der Waals surface area contributed by atoms with Gasteiger partial charge in [0, 0.05) is 31.6 Å². The predicted molar refractivity (Wildman–Crippen MR) is 107 cm³/mol. The Morgan fingerprint density at radius 2 is 1.96 bits per heavy atom. The lowest BCUT2D eigenvalue weighted by molar-refractivity contribution is -0.127. The second kappa shape index (κ2) is 8.22. The van der Waals surface area contributed by atoms with Crippen LogP contribution in [-0.2, 0) is 9.59 Å². The average molecular weight is 405 g/mol. The number of carbonyl (C=O) groups excluding carboxylic acids is 3. The molecule has 0 aromatic heterocycles. The molecular formula is C20H25ClN4O3. The molecule has 2 N–H and O–H groups in total. The van der Waals surface area contributed by atoms with Crippen LogP contribution in [0.5, 0.6) is 0 Å². The normalized spacial score (nSPS) is 19.2. The van der Waals surface area contributed by atoms with Crippen molar-refractivity contribution in [3.05, 3.63) is 46.1 Å². The molecule has 0 spiro atoms. The molecule has 0 saturated carbocycles. The Morgan fingerprint density at radius 3 is 2.61 bits per heavy atom. The molecule has 3 rings (SSSR count). The van der Waals surface area contributed by atoms with Crippen LogP contribution in [-0.4, -0.2) is 54.3 Å². The summed E-state index contributed by atoms with van der Waals surface area (Å²) in [6.45, 7) is 5.30. The zero-order valence-electron chi connectivity index (χ0n) is 16.3. The summed E-state index contributed by atoms with van der Waals surface area (Å²) in [5.74, 6) is 0.138. The summed E-state index contributed by atoms with van der Waals surface area (Å²) in [6, 6.07) is 6.29. The largest absolute Gasteiger partial charge is 0.356 e. The van der Waals surface area contributed by atoms with Crippen molar-refractivity contribution in [3.8, 4) is 0 Å². The number of amides is 4. The van der Waals surface area contributed by atoms with Gasteiger partial charge in [-0.1, -0.05) is 37.6 Å². The summed E-state index contributed by atoms with van der Waals surface area (Å²) in [4.78, 5) is 40.5. The average Bonchev–Trinajstić information content (AvgIpc) is 2.99. The van der Waals surface area contributed by atoms with Crippen LogP contribution in [0.4, 0.5) is 4.79 Å². The summed E-state index contributed by atoms with van der Waals surface area (Å²) in [5.41, 5.74) is 2.02. The molecule has 2 aliphatic rings. The third-order valence-corrected chi connectivity index (χ3v) is 5.21. The van der Waals surface area contributed by atoms with Gasteiger partial charge in [0.05, 0.1) is 23.9 Å². The van der Waals surface area contributed by atoms with Gasteiger partial charge in [-0.05, 0) is 23.6 Å². The van der Waals surface area contributed by atoms with Gasteiger partial charge >= 0.3 is 6.03 Å². The van der Waals surface area contributed by atoms with Gasteiger partial charge < -0.3 is 15.5 Å². The number of hydrogen-bond acceptors (Lipinski definition) is 3. The Balaban J connectivity index is 1.75. The fourth-order valence-corrected chi connectivity index (χ4v) is 3.48. The first-order chi connectivity index (χ1) is 13.3. The first kappa shape index (κ1) is 20.2. The van der Waals surface area contributed by atoms with Crippen LogP contribution < -0.4 is 10.6 Å². The molecular weight excluding hydrogens is 380 g/mol. The minimum Gasteiger partial charge on any atom is -0.356 e. The molecule has 0 saturated heterocycles. The van der Waals surface area contributed by atoms with Gasteiger partial charge in [0.1, 0.15) is 0 Å². The van der Waals surface area contributed by atoms with Crippen molar-refractivity contribution >= 4 is 29.4 Å². The van der Waals surface area contributed by atoms with E-state index >= 15 is 0 Å². The topological polar surface area (TPSA) is 81.8 Å². The van der Waals surface area contributed by atoms with Crippen molar-refractivity contribution in [2.24, 2.45) is 5.92 Å². The molecule has 0 bridgehead atoms. The van der Waals surface area contributed by atoms with Crippen LogP contribution in [0.15, 0.2) is 35.5 Å². The van der Waals surface area contributed by atoms with E-state index < -0.39 is 6.04 Å². The maximum Gasteiger partial charge on any atom is 0.322 e. The van der Waals surface area contributed by atoms with Crippen molar-refractivity contribution in [2.75, 3.05) is 26.7 Å². The molecule has 4 amide bonds. The summed E-state index contributed by atoms with van der Waals surface area (Å²) in [7, 11) is 1.65. The van der Waals surface area contributed by atoms with Crippen LogP contribution in [0.25, 0.3) is 0 Å². The lowest BCUT2D eigenvalue weighted by Gasteiger charge is -2.31. The van der Waals surface area contributed by atoms with Crippen LogP contribution >= 0.6 is 11.6 Å². The summed E-state index contributed by atoms with van der Waals surface area (Å²) >= 11 is 5.96. The third kappa shape index (κ3) is 4.14. The highest BCUT2D eigenvalue weighted by molar-refractivity contribution is 6.30. The molecule has 2 heterocycles. The molecule has 0 aliphatic carbocycles. The molecule has 7 nitrogen and oxygen atoms in total. The number of carbonyl (C=O) groups is 3. The van der Waals surface area contributed by atoms with E-state index in [9.17, 15) is 14.4 Å². The molecule has 1 aromatic rings. The van der Waals surface area contributed by atoms with Gasteiger partial charge in [0.2, 0.25) is 5.91 Å². The van der Waals surface area contributed by atoms with Crippen LogP contribution in [0.3, 0.4) is 0 Å². The fourth-order valence-electron chi connectivity index (χ4n) is 3.35. The van der Waals surface area contributed by atoms with Crippen LogP contribution in [0, 0.1) is 5.92 Å². The van der Waals surface area contributed by atoms with E-state index in [0.717, 1.165) is 5.56 Å². The highest BCUT2D eigenvalue weighted by Gasteiger charge is 2.42. The highest BCUT2D eigenvalue weighted by Crippen LogP contribution is 2.35.